The van der Waals surface area contributed by atoms with E-state index in [1.807, 2.05) is 36.7 Å². The Bertz CT molecular complexity index is 510. The van der Waals surface area contributed by atoms with Gasteiger partial charge in [-0.3, -0.25) is 5.41 Å². The van der Waals surface area contributed by atoms with Crippen molar-refractivity contribution in [3.63, 3.8) is 0 Å². The van der Waals surface area contributed by atoms with Gasteiger partial charge < -0.3 is 10.3 Å². The predicted molar refractivity (Wildman–Crippen MR) is 68.2 cm³/mol. The van der Waals surface area contributed by atoms with E-state index in [-0.39, 0.29) is 5.84 Å². The Hall–Kier alpha value is -2.10. The normalized spacial score (nSPS) is 10.4. The summed E-state index contributed by atoms with van der Waals surface area (Å²) in [5.41, 5.74) is 7.36. The number of nitrogens with two attached hydrogens (primary N) is 1. The molecule has 0 aliphatic rings. The van der Waals surface area contributed by atoms with Gasteiger partial charge in [-0.15, -0.1) is 0 Å². The molecular weight excluding hydrogens is 212 g/mol. The van der Waals surface area contributed by atoms with E-state index in [2.05, 4.69) is 16.5 Å². The number of imidazole rings is 1. The zero-order valence-electron chi connectivity index (χ0n) is 9.85. The fourth-order valence-electron chi connectivity index (χ4n) is 1.78. The van der Waals surface area contributed by atoms with Crippen molar-refractivity contribution in [1.82, 2.24) is 9.55 Å². The number of aromatic nitrogens is 2. The van der Waals surface area contributed by atoms with Crippen LogP contribution in [0.1, 0.15) is 23.9 Å². The lowest BCUT2D eigenvalue weighted by molar-refractivity contribution is 0.732. The molecule has 0 aliphatic heterocycles. The highest BCUT2D eigenvalue weighted by molar-refractivity contribution is 5.94. The summed E-state index contributed by atoms with van der Waals surface area (Å²) in [5, 5.41) is 7.33. The van der Waals surface area contributed by atoms with Crippen LogP contribution >= 0.6 is 0 Å². The summed E-state index contributed by atoms with van der Waals surface area (Å²) in [6, 6.07) is 7.74. The molecule has 88 valence electrons. The van der Waals surface area contributed by atoms with Crippen LogP contribution < -0.4 is 5.73 Å². The van der Waals surface area contributed by atoms with E-state index in [1.165, 1.54) is 5.56 Å². The Morgan fingerprint density at radius 2 is 2.06 bits per heavy atom. The van der Waals surface area contributed by atoms with E-state index < -0.39 is 0 Å². The molecule has 0 saturated carbocycles. The van der Waals surface area contributed by atoms with Crippen LogP contribution in [0.15, 0.2) is 36.7 Å². The molecule has 0 atom stereocenters. The van der Waals surface area contributed by atoms with Crippen LogP contribution in [0.2, 0.25) is 0 Å². The van der Waals surface area contributed by atoms with E-state index in [0.29, 0.717) is 0 Å². The molecule has 2 rings (SSSR count). The third-order valence-corrected chi connectivity index (χ3v) is 2.74. The molecule has 0 fully saturated rings. The van der Waals surface area contributed by atoms with E-state index >= 15 is 0 Å². The molecule has 1 aromatic heterocycles. The van der Waals surface area contributed by atoms with Crippen LogP contribution in [-0.2, 0) is 13.0 Å². The summed E-state index contributed by atoms with van der Waals surface area (Å²) in [6.07, 6.45) is 4.74. The van der Waals surface area contributed by atoms with Crippen LogP contribution in [0.5, 0.6) is 0 Å². The van der Waals surface area contributed by atoms with Crippen molar-refractivity contribution in [1.29, 1.82) is 5.41 Å². The van der Waals surface area contributed by atoms with Crippen LogP contribution in [-0.4, -0.2) is 15.4 Å². The zero-order valence-corrected chi connectivity index (χ0v) is 9.85. The van der Waals surface area contributed by atoms with Gasteiger partial charge in [-0.2, -0.15) is 0 Å². The van der Waals surface area contributed by atoms with Crippen molar-refractivity contribution < 1.29 is 0 Å². The average Bonchev–Trinajstić information content (AvgIpc) is 2.77. The molecule has 4 heteroatoms. The van der Waals surface area contributed by atoms with Crippen molar-refractivity contribution in [2.75, 3.05) is 0 Å². The number of hydrogen-bond acceptors (Lipinski definition) is 2. The first-order valence-corrected chi connectivity index (χ1v) is 5.64. The fraction of sp³-hybridized carbons (Fsp3) is 0.231. The van der Waals surface area contributed by atoms with Crippen molar-refractivity contribution in [2.45, 2.75) is 19.9 Å². The minimum atomic E-state index is 0.105. The second kappa shape index (κ2) is 4.82. The van der Waals surface area contributed by atoms with Gasteiger partial charge in [0.05, 0.1) is 0 Å². The van der Waals surface area contributed by atoms with Crippen LogP contribution in [0.4, 0.5) is 0 Å². The molecule has 0 bridgehead atoms. The van der Waals surface area contributed by atoms with Gasteiger partial charge in [0.25, 0.3) is 0 Å². The number of rotatable bonds is 4. The molecule has 0 saturated heterocycles. The minimum absolute atomic E-state index is 0.105. The van der Waals surface area contributed by atoms with Gasteiger partial charge in [-0.25, -0.2) is 4.98 Å². The van der Waals surface area contributed by atoms with Crippen LogP contribution in [0.25, 0.3) is 0 Å². The second-order valence-electron chi connectivity index (χ2n) is 3.94. The second-order valence-corrected chi connectivity index (χ2v) is 3.94. The molecule has 0 spiro atoms. The van der Waals surface area contributed by atoms with Gasteiger partial charge in [0.2, 0.25) is 0 Å². The molecule has 0 amide bonds. The number of hydrogen-bond donors (Lipinski definition) is 2. The zero-order chi connectivity index (χ0) is 12.3. The first-order valence-electron chi connectivity index (χ1n) is 5.64. The Labute approximate surface area is 101 Å². The molecule has 0 radical (unpaired) electrons. The lowest BCUT2D eigenvalue weighted by Gasteiger charge is -2.07. The highest BCUT2D eigenvalue weighted by Gasteiger charge is 2.02. The summed E-state index contributed by atoms with van der Waals surface area (Å²) in [7, 11) is 0. The monoisotopic (exact) mass is 228 g/mol. The summed E-state index contributed by atoms with van der Waals surface area (Å²) >= 11 is 0. The average molecular weight is 228 g/mol. The van der Waals surface area contributed by atoms with Crippen LogP contribution in [0.3, 0.4) is 0 Å². The molecule has 4 nitrogen and oxygen atoms in total. The van der Waals surface area contributed by atoms with Gasteiger partial charge in [0, 0.05) is 30.9 Å². The number of benzene rings is 1. The summed E-state index contributed by atoms with van der Waals surface area (Å²) in [5.74, 6) is 1.19. The first-order chi connectivity index (χ1) is 8.20. The Balaban J connectivity index is 2.16. The maximum absolute atomic E-state index is 7.33. The third-order valence-electron chi connectivity index (χ3n) is 2.74. The van der Waals surface area contributed by atoms with Crippen molar-refractivity contribution in [2.24, 2.45) is 5.73 Å². The largest absolute Gasteiger partial charge is 0.384 e. The van der Waals surface area contributed by atoms with Gasteiger partial charge in [-0.1, -0.05) is 31.2 Å². The van der Waals surface area contributed by atoms with E-state index in [9.17, 15) is 0 Å². The highest BCUT2D eigenvalue weighted by Crippen LogP contribution is 2.08. The molecule has 17 heavy (non-hydrogen) atoms. The number of nitrogens with one attached hydrogen (secondary N) is 1. The Kier molecular flexibility index (Phi) is 3.23. The highest BCUT2D eigenvalue weighted by atomic mass is 15.1. The van der Waals surface area contributed by atoms with Crippen LogP contribution in [0, 0.1) is 5.41 Å². The van der Waals surface area contributed by atoms with Gasteiger partial charge >= 0.3 is 0 Å². The first kappa shape index (κ1) is 11.4. The summed E-state index contributed by atoms with van der Waals surface area (Å²) in [6.45, 7) is 2.90. The lowest BCUT2D eigenvalue weighted by Crippen LogP contribution is -2.11. The number of nitrogens with zero attached hydrogens (tertiary/aromatic N) is 2. The quantitative estimate of drug-likeness (QED) is 0.618. The topological polar surface area (TPSA) is 67.7 Å². The van der Waals surface area contributed by atoms with Gasteiger partial charge in [-0.05, 0) is 5.56 Å². The third kappa shape index (κ3) is 2.53. The smallest absolute Gasteiger partial charge is 0.122 e. The maximum atomic E-state index is 7.33. The molecule has 1 aromatic carbocycles. The Morgan fingerprint density at radius 3 is 2.65 bits per heavy atom. The fourth-order valence-corrected chi connectivity index (χ4v) is 1.78. The number of nitrogen functional groups attached to an aromatic ring is 1. The predicted octanol–water partition coefficient (Wildman–Crippen LogP) is 1.78. The summed E-state index contributed by atoms with van der Waals surface area (Å²) in [4.78, 5) is 4.29. The molecule has 0 unspecified atom stereocenters. The minimum Gasteiger partial charge on any atom is -0.384 e. The van der Waals surface area contributed by atoms with Gasteiger partial charge in [0.15, 0.2) is 0 Å². The number of aryl methyl sites for hydroxylation is 1. The maximum Gasteiger partial charge on any atom is 0.122 e. The standard InChI is InChI=1S/C13H16N4/c1-2-12-16-7-8-17(12)9-10-3-5-11(6-4-10)13(14)15/h3-8H,2,9H2,1H3,(H3,14,15). The lowest BCUT2D eigenvalue weighted by atomic mass is 10.1. The SMILES string of the molecule is CCc1nccn1Cc1ccc(C(=N)N)cc1. The Morgan fingerprint density at radius 1 is 1.35 bits per heavy atom. The van der Waals surface area contributed by atoms with Crippen molar-refractivity contribution in [3.8, 4) is 0 Å². The number of amidine groups is 1. The van der Waals surface area contributed by atoms with Crippen molar-refractivity contribution in [3.05, 3.63) is 53.6 Å². The van der Waals surface area contributed by atoms with E-state index in [4.69, 9.17) is 11.1 Å². The molecular formula is C13H16N4. The van der Waals surface area contributed by atoms with Crippen molar-refractivity contribution >= 4 is 5.84 Å². The summed E-state index contributed by atoms with van der Waals surface area (Å²) < 4.78 is 2.13. The molecule has 1 heterocycles. The van der Waals surface area contributed by atoms with E-state index in [1.54, 1.807) is 0 Å². The molecule has 3 N–H and O–H groups in total. The molecule has 2 aromatic rings. The molecule has 0 aliphatic carbocycles. The van der Waals surface area contributed by atoms with Gasteiger partial charge in [0.1, 0.15) is 11.7 Å². The van der Waals surface area contributed by atoms with E-state index in [0.717, 1.165) is 24.4 Å².